The average Bonchev–Trinajstić information content (AvgIpc) is 2.29. The Bertz CT molecular complexity index is 332. The lowest BCUT2D eigenvalue weighted by Gasteiger charge is -2.17. The highest BCUT2D eigenvalue weighted by Gasteiger charge is 2.08. The molecule has 0 spiro atoms. The molecule has 0 atom stereocenters. The SMILES string of the molecule is CCOCC(=O)N(C)Cc1ccc(C)cc1. The van der Waals surface area contributed by atoms with Gasteiger partial charge in [0.05, 0.1) is 0 Å². The molecule has 1 aromatic rings. The molecule has 0 unspecified atom stereocenters. The number of amides is 1. The van der Waals surface area contributed by atoms with Gasteiger partial charge in [0.2, 0.25) is 5.91 Å². The number of rotatable bonds is 5. The number of nitrogens with zero attached hydrogens (tertiary/aromatic N) is 1. The predicted molar refractivity (Wildman–Crippen MR) is 64.1 cm³/mol. The molecular weight excluding hydrogens is 202 g/mol. The van der Waals surface area contributed by atoms with Gasteiger partial charge in [-0.2, -0.15) is 0 Å². The number of hydrogen-bond acceptors (Lipinski definition) is 2. The van der Waals surface area contributed by atoms with E-state index in [4.69, 9.17) is 4.74 Å². The fourth-order valence-electron chi connectivity index (χ4n) is 1.36. The summed E-state index contributed by atoms with van der Waals surface area (Å²) in [5, 5.41) is 0. The molecule has 0 N–H and O–H groups in total. The number of aryl methyl sites for hydroxylation is 1. The van der Waals surface area contributed by atoms with Gasteiger partial charge in [-0.05, 0) is 19.4 Å². The van der Waals surface area contributed by atoms with Gasteiger partial charge in [0.25, 0.3) is 0 Å². The molecule has 0 fully saturated rings. The summed E-state index contributed by atoms with van der Waals surface area (Å²) in [6.45, 7) is 5.30. The van der Waals surface area contributed by atoms with Gasteiger partial charge in [-0.15, -0.1) is 0 Å². The van der Waals surface area contributed by atoms with Crippen LogP contribution in [-0.2, 0) is 16.1 Å². The molecule has 0 heterocycles. The summed E-state index contributed by atoms with van der Waals surface area (Å²) in [4.78, 5) is 13.3. The summed E-state index contributed by atoms with van der Waals surface area (Å²) in [5.41, 5.74) is 2.37. The van der Waals surface area contributed by atoms with Crippen LogP contribution in [-0.4, -0.2) is 31.1 Å². The summed E-state index contributed by atoms with van der Waals surface area (Å²) < 4.78 is 5.08. The highest BCUT2D eigenvalue weighted by molar-refractivity contribution is 5.77. The quantitative estimate of drug-likeness (QED) is 0.761. The van der Waals surface area contributed by atoms with Crippen molar-refractivity contribution < 1.29 is 9.53 Å². The summed E-state index contributed by atoms with van der Waals surface area (Å²) in [5.74, 6) is 0.0161. The monoisotopic (exact) mass is 221 g/mol. The minimum Gasteiger partial charge on any atom is -0.372 e. The number of likely N-dealkylation sites (N-methyl/N-ethyl adjacent to an activating group) is 1. The highest BCUT2D eigenvalue weighted by atomic mass is 16.5. The first kappa shape index (κ1) is 12.7. The zero-order valence-electron chi connectivity index (χ0n) is 10.2. The maximum atomic E-state index is 11.6. The van der Waals surface area contributed by atoms with Crippen molar-refractivity contribution in [3.05, 3.63) is 35.4 Å². The third kappa shape index (κ3) is 4.03. The summed E-state index contributed by atoms with van der Waals surface area (Å²) in [6.07, 6.45) is 0. The van der Waals surface area contributed by atoms with Crippen molar-refractivity contribution >= 4 is 5.91 Å². The first-order valence-corrected chi connectivity index (χ1v) is 5.50. The van der Waals surface area contributed by atoms with Crippen molar-refractivity contribution in [3.63, 3.8) is 0 Å². The minimum atomic E-state index is 0.0161. The molecule has 1 amide bonds. The van der Waals surface area contributed by atoms with Crippen LogP contribution in [0.1, 0.15) is 18.1 Å². The van der Waals surface area contributed by atoms with Crippen LogP contribution in [0.15, 0.2) is 24.3 Å². The van der Waals surface area contributed by atoms with E-state index < -0.39 is 0 Å². The molecule has 0 radical (unpaired) electrons. The fraction of sp³-hybridized carbons (Fsp3) is 0.462. The largest absolute Gasteiger partial charge is 0.372 e. The molecule has 16 heavy (non-hydrogen) atoms. The molecule has 0 saturated carbocycles. The number of hydrogen-bond donors (Lipinski definition) is 0. The Balaban J connectivity index is 2.47. The summed E-state index contributed by atoms with van der Waals surface area (Å²) in [6, 6.07) is 8.19. The zero-order chi connectivity index (χ0) is 12.0. The molecule has 3 nitrogen and oxygen atoms in total. The molecule has 0 aromatic heterocycles. The molecule has 1 aromatic carbocycles. The topological polar surface area (TPSA) is 29.5 Å². The molecule has 88 valence electrons. The Labute approximate surface area is 97.0 Å². The Morgan fingerprint density at radius 3 is 2.50 bits per heavy atom. The van der Waals surface area contributed by atoms with E-state index in [0.29, 0.717) is 13.2 Å². The molecule has 0 aliphatic carbocycles. The smallest absolute Gasteiger partial charge is 0.248 e. The van der Waals surface area contributed by atoms with E-state index in [-0.39, 0.29) is 12.5 Å². The van der Waals surface area contributed by atoms with Gasteiger partial charge in [0.1, 0.15) is 6.61 Å². The second-order valence-electron chi connectivity index (χ2n) is 3.87. The van der Waals surface area contributed by atoms with Crippen LogP contribution in [0.3, 0.4) is 0 Å². The van der Waals surface area contributed by atoms with Crippen molar-refractivity contribution in [3.8, 4) is 0 Å². The maximum Gasteiger partial charge on any atom is 0.248 e. The van der Waals surface area contributed by atoms with E-state index in [1.807, 2.05) is 26.0 Å². The first-order chi connectivity index (χ1) is 7.63. The lowest BCUT2D eigenvalue weighted by Crippen LogP contribution is -2.29. The molecule has 3 heteroatoms. The van der Waals surface area contributed by atoms with Crippen LogP contribution in [0.4, 0.5) is 0 Å². The molecule has 0 aliphatic heterocycles. The minimum absolute atomic E-state index is 0.0161. The molecule has 0 bridgehead atoms. The van der Waals surface area contributed by atoms with Crippen molar-refractivity contribution in [1.82, 2.24) is 4.90 Å². The van der Waals surface area contributed by atoms with Crippen molar-refractivity contribution in [2.75, 3.05) is 20.3 Å². The second kappa shape index (κ2) is 6.28. The molecule has 0 saturated heterocycles. The van der Waals surface area contributed by atoms with E-state index in [0.717, 1.165) is 5.56 Å². The first-order valence-electron chi connectivity index (χ1n) is 5.50. The van der Waals surface area contributed by atoms with Crippen LogP contribution < -0.4 is 0 Å². The Morgan fingerprint density at radius 2 is 1.94 bits per heavy atom. The van der Waals surface area contributed by atoms with Gasteiger partial charge >= 0.3 is 0 Å². The number of benzene rings is 1. The molecule has 1 rings (SSSR count). The maximum absolute atomic E-state index is 11.6. The van der Waals surface area contributed by atoms with Gasteiger partial charge < -0.3 is 9.64 Å². The highest BCUT2D eigenvalue weighted by Crippen LogP contribution is 2.05. The molecule has 0 aliphatic rings. The van der Waals surface area contributed by atoms with E-state index in [1.54, 1.807) is 11.9 Å². The number of ether oxygens (including phenoxy) is 1. The summed E-state index contributed by atoms with van der Waals surface area (Å²) in [7, 11) is 1.79. The predicted octanol–water partition coefficient (Wildman–Crippen LogP) is 1.99. The van der Waals surface area contributed by atoms with Crippen LogP contribution in [0.25, 0.3) is 0 Å². The van der Waals surface area contributed by atoms with Gasteiger partial charge in [-0.25, -0.2) is 0 Å². The van der Waals surface area contributed by atoms with Gasteiger partial charge in [-0.1, -0.05) is 29.8 Å². The van der Waals surface area contributed by atoms with Crippen LogP contribution in [0.5, 0.6) is 0 Å². The van der Waals surface area contributed by atoms with Crippen molar-refractivity contribution in [2.24, 2.45) is 0 Å². The van der Waals surface area contributed by atoms with Crippen LogP contribution in [0, 0.1) is 6.92 Å². The van der Waals surface area contributed by atoms with Gasteiger partial charge in [0, 0.05) is 20.2 Å². The standard InChI is InChI=1S/C13H19NO2/c1-4-16-10-13(15)14(3)9-12-7-5-11(2)6-8-12/h5-8H,4,9-10H2,1-3H3. The Kier molecular flexibility index (Phi) is 4.99. The zero-order valence-corrected chi connectivity index (χ0v) is 10.2. The number of carbonyl (C=O) groups is 1. The van der Waals surface area contributed by atoms with E-state index >= 15 is 0 Å². The van der Waals surface area contributed by atoms with E-state index in [2.05, 4.69) is 12.1 Å². The van der Waals surface area contributed by atoms with E-state index in [9.17, 15) is 4.79 Å². The van der Waals surface area contributed by atoms with Gasteiger partial charge in [0.15, 0.2) is 0 Å². The van der Waals surface area contributed by atoms with Gasteiger partial charge in [-0.3, -0.25) is 4.79 Å². The Hall–Kier alpha value is -1.35. The van der Waals surface area contributed by atoms with Crippen molar-refractivity contribution in [1.29, 1.82) is 0 Å². The third-order valence-corrected chi connectivity index (χ3v) is 2.40. The fourth-order valence-corrected chi connectivity index (χ4v) is 1.36. The number of carbonyl (C=O) groups excluding carboxylic acids is 1. The summed E-state index contributed by atoms with van der Waals surface area (Å²) >= 11 is 0. The normalized spacial score (nSPS) is 10.2. The van der Waals surface area contributed by atoms with Crippen molar-refractivity contribution in [2.45, 2.75) is 20.4 Å². The van der Waals surface area contributed by atoms with Crippen LogP contribution >= 0.6 is 0 Å². The second-order valence-corrected chi connectivity index (χ2v) is 3.87. The van der Waals surface area contributed by atoms with E-state index in [1.165, 1.54) is 5.56 Å². The Morgan fingerprint density at radius 1 is 1.31 bits per heavy atom. The van der Waals surface area contributed by atoms with Crippen LogP contribution in [0.2, 0.25) is 0 Å². The average molecular weight is 221 g/mol. The lowest BCUT2D eigenvalue weighted by molar-refractivity contribution is -0.135. The lowest BCUT2D eigenvalue weighted by atomic mass is 10.1. The third-order valence-electron chi connectivity index (χ3n) is 2.40. The molecular formula is C13H19NO2.